The Bertz CT molecular complexity index is 638. The van der Waals surface area contributed by atoms with Crippen LogP contribution in [0.1, 0.15) is 41.7 Å². The van der Waals surface area contributed by atoms with Crippen molar-refractivity contribution < 1.29 is 4.39 Å². The van der Waals surface area contributed by atoms with Gasteiger partial charge in [-0.05, 0) is 66.6 Å². The van der Waals surface area contributed by atoms with Crippen molar-refractivity contribution in [2.24, 2.45) is 0 Å². The van der Waals surface area contributed by atoms with Gasteiger partial charge in [0.1, 0.15) is 5.82 Å². The van der Waals surface area contributed by atoms with Gasteiger partial charge in [0.05, 0.1) is 0 Å². The normalized spacial score (nSPS) is 10.6. The van der Waals surface area contributed by atoms with Crippen LogP contribution < -0.4 is 0 Å². The van der Waals surface area contributed by atoms with Crippen molar-refractivity contribution in [2.75, 3.05) is 0 Å². The molecule has 0 heterocycles. The Morgan fingerprint density at radius 2 is 1.85 bits per heavy atom. The molecule has 2 rings (SSSR count). The Morgan fingerprint density at radius 1 is 1.15 bits per heavy atom. The summed E-state index contributed by atoms with van der Waals surface area (Å²) >= 11 is 0. The number of halogens is 1. The second-order valence-electron chi connectivity index (χ2n) is 5.39. The SMILES string of the molecule is C=C(C)c1c(C)cc(F)cc1Cc1cccc(CC)c1. The molecule has 0 unspecified atom stereocenters. The smallest absolute Gasteiger partial charge is 0.123 e. The van der Waals surface area contributed by atoms with E-state index in [1.165, 1.54) is 11.1 Å². The average Bonchev–Trinajstić information content (AvgIpc) is 2.37. The van der Waals surface area contributed by atoms with E-state index in [9.17, 15) is 4.39 Å². The molecule has 20 heavy (non-hydrogen) atoms. The summed E-state index contributed by atoms with van der Waals surface area (Å²) in [6.45, 7) is 10.1. The Hall–Kier alpha value is -1.89. The van der Waals surface area contributed by atoms with Crippen molar-refractivity contribution in [1.29, 1.82) is 0 Å². The molecule has 0 aliphatic heterocycles. The van der Waals surface area contributed by atoms with Crippen LogP contribution in [0.25, 0.3) is 5.57 Å². The Morgan fingerprint density at radius 3 is 2.50 bits per heavy atom. The van der Waals surface area contributed by atoms with Crippen LogP contribution in [0.15, 0.2) is 43.0 Å². The molecule has 0 nitrogen and oxygen atoms in total. The largest absolute Gasteiger partial charge is 0.207 e. The first-order valence-electron chi connectivity index (χ1n) is 7.04. The summed E-state index contributed by atoms with van der Waals surface area (Å²) < 4.78 is 13.7. The monoisotopic (exact) mass is 268 g/mol. The number of benzene rings is 2. The lowest BCUT2D eigenvalue weighted by molar-refractivity contribution is 0.624. The van der Waals surface area contributed by atoms with Gasteiger partial charge in [0, 0.05) is 0 Å². The maximum absolute atomic E-state index is 13.7. The van der Waals surface area contributed by atoms with Crippen molar-refractivity contribution in [3.63, 3.8) is 0 Å². The lowest BCUT2D eigenvalue weighted by Gasteiger charge is -2.14. The second kappa shape index (κ2) is 6.04. The van der Waals surface area contributed by atoms with E-state index in [-0.39, 0.29) is 5.82 Å². The van der Waals surface area contributed by atoms with Gasteiger partial charge in [-0.1, -0.05) is 43.3 Å². The Balaban J connectivity index is 2.44. The van der Waals surface area contributed by atoms with Crippen LogP contribution >= 0.6 is 0 Å². The highest BCUT2D eigenvalue weighted by molar-refractivity contribution is 5.68. The average molecular weight is 268 g/mol. The molecule has 0 amide bonds. The first kappa shape index (κ1) is 14.5. The lowest BCUT2D eigenvalue weighted by Crippen LogP contribution is -1.99. The summed E-state index contributed by atoms with van der Waals surface area (Å²) in [6.07, 6.45) is 1.76. The van der Waals surface area contributed by atoms with Crippen LogP contribution in [0.4, 0.5) is 4.39 Å². The summed E-state index contributed by atoms with van der Waals surface area (Å²) in [5.41, 5.74) is 6.59. The number of hydrogen-bond acceptors (Lipinski definition) is 0. The molecule has 0 radical (unpaired) electrons. The van der Waals surface area contributed by atoms with Crippen LogP contribution in [-0.4, -0.2) is 0 Å². The first-order chi connectivity index (χ1) is 9.51. The minimum Gasteiger partial charge on any atom is -0.207 e. The summed E-state index contributed by atoms with van der Waals surface area (Å²) in [4.78, 5) is 0. The van der Waals surface area contributed by atoms with E-state index in [0.717, 1.165) is 35.1 Å². The molecule has 0 spiro atoms. The number of rotatable bonds is 4. The summed E-state index contributed by atoms with van der Waals surface area (Å²) in [7, 11) is 0. The predicted molar refractivity (Wildman–Crippen MR) is 84.5 cm³/mol. The summed E-state index contributed by atoms with van der Waals surface area (Å²) in [5, 5.41) is 0. The molecule has 2 aromatic carbocycles. The quantitative estimate of drug-likeness (QED) is 0.704. The highest BCUT2D eigenvalue weighted by atomic mass is 19.1. The fourth-order valence-electron chi connectivity index (χ4n) is 2.74. The topological polar surface area (TPSA) is 0 Å². The molecule has 104 valence electrons. The second-order valence-corrected chi connectivity index (χ2v) is 5.39. The zero-order valence-corrected chi connectivity index (χ0v) is 12.5. The fraction of sp³-hybridized carbons (Fsp3) is 0.263. The third-order valence-corrected chi connectivity index (χ3v) is 3.60. The minimum atomic E-state index is -0.172. The van der Waals surface area contributed by atoms with Gasteiger partial charge < -0.3 is 0 Å². The number of aryl methyl sites for hydroxylation is 2. The Labute approximate surface area is 121 Å². The van der Waals surface area contributed by atoms with Crippen LogP contribution in [0.2, 0.25) is 0 Å². The molecule has 0 bridgehead atoms. The molecule has 0 atom stereocenters. The van der Waals surface area contributed by atoms with E-state index in [0.29, 0.717) is 0 Å². The molecule has 0 N–H and O–H groups in total. The van der Waals surface area contributed by atoms with E-state index in [4.69, 9.17) is 0 Å². The van der Waals surface area contributed by atoms with Crippen LogP contribution in [-0.2, 0) is 12.8 Å². The van der Waals surface area contributed by atoms with Crippen molar-refractivity contribution in [2.45, 2.75) is 33.6 Å². The van der Waals surface area contributed by atoms with Crippen LogP contribution in [0.5, 0.6) is 0 Å². The minimum absolute atomic E-state index is 0.172. The molecular formula is C19H21F. The summed E-state index contributed by atoms with van der Waals surface area (Å²) in [5.74, 6) is -0.172. The van der Waals surface area contributed by atoms with Crippen LogP contribution in [0, 0.1) is 12.7 Å². The molecule has 0 saturated carbocycles. The van der Waals surface area contributed by atoms with Gasteiger partial charge in [-0.2, -0.15) is 0 Å². The third-order valence-electron chi connectivity index (χ3n) is 3.60. The zero-order chi connectivity index (χ0) is 14.7. The summed E-state index contributed by atoms with van der Waals surface area (Å²) in [6, 6.07) is 11.7. The van der Waals surface area contributed by atoms with Gasteiger partial charge >= 0.3 is 0 Å². The predicted octanol–water partition coefficient (Wildman–Crippen LogP) is 5.32. The zero-order valence-electron chi connectivity index (χ0n) is 12.5. The van der Waals surface area contributed by atoms with Gasteiger partial charge in [-0.3, -0.25) is 0 Å². The number of allylic oxidation sites excluding steroid dienone is 1. The van der Waals surface area contributed by atoms with E-state index in [1.54, 1.807) is 12.1 Å². The lowest BCUT2D eigenvalue weighted by atomic mass is 9.92. The molecule has 0 fully saturated rings. The fourth-order valence-corrected chi connectivity index (χ4v) is 2.74. The molecule has 0 aliphatic rings. The standard InChI is InChI=1S/C19H21F/c1-5-15-7-6-8-16(10-15)11-17-12-18(20)9-14(4)19(17)13(2)3/h6-10,12H,2,5,11H2,1,3-4H3. The van der Waals surface area contributed by atoms with Crippen LogP contribution in [0.3, 0.4) is 0 Å². The molecular weight excluding hydrogens is 247 g/mol. The molecule has 0 aromatic heterocycles. The van der Waals surface area contributed by atoms with Crippen molar-refractivity contribution in [3.8, 4) is 0 Å². The van der Waals surface area contributed by atoms with E-state index < -0.39 is 0 Å². The molecule has 1 heteroatoms. The maximum atomic E-state index is 13.7. The molecule has 2 aromatic rings. The van der Waals surface area contributed by atoms with Gasteiger partial charge in [-0.15, -0.1) is 0 Å². The van der Waals surface area contributed by atoms with Gasteiger partial charge in [0.25, 0.3) is 0 Å². The van der Waals surface area contributed by atoms with E-state index in [1.807, 2.05) is 13.8 Å². The van der Waals surface area contributed by atoms with Crippen molar-refractivity contribution >= 4 is 5.57 Å². The number of hydrogen-bond donors (Lipinski definition) is 0. The first-order valence-corrected chi connectivity index (χ1v) is 7.04. The van der Waals surface area contributed by atoms with Crippen molar-refractivity contribution in [3.05, 3.63) is 76.6 Å². The highest BCUT2D eigenvalue weighted by Gasteiger charge is 2.10. The van der Waals surface area contributed by atoms with E-state index in [2.05, 4.69) is 37.8 Å². The highest BCUT2D eigenvalue weighted by Crippen LogP contribution is 2.25. The Kier molecular flexibility index (Phi) is 4.39. The van der Waals surface area contributed by atoms with Gasteiger partial charge in [0.2, 0.25) is 0 Å². The molecule has 0 aliphatic carbocycles. The van der Waals surface area contributed by atoms with Gasteiger partial charge in [-0.25, -0.2) is 4.39 Å². The van der Waals surface area contributed by atoms with E-state index >= 15 is 0 Å². The van der Waals surface area contributed by atoms with Crippen molar-refractivity contribution in [1.82, 2.24) is 0 Å². The maximum Gasteiger partial charge on any atom is 0.123 e. The molecule has 0 saturated heterocycles. The van der Waals surface area contributed by atoms with Gasteiger partial charge in [0.15, 0.2) is 0 Å². The third kappa shape index (κ3) is 3.16.